The minimum absolute atomic E-state index is 0.216. The van der Waals surface area contributed by atoms with Crippen molar-refractivity contribution in [3.63, 3.8) is 0 Å². The molecule has 3 aliphatic carbocycles. The van der Waals surface area contributed by atoms with Crippen LogP contribution in [0.5, 0.6) is 0 Å². The van der Waals surface area contributed by atoms with Gasteiger partial charge in [-0.1, -0.05) is 24.3 Å². The molecule has 0 aliphatic heterocycles. The quantitative estimate of drug-likeness (QED) is 0.762. The first-order valence-electron chi connectivity index (χ1n) is 8.61. The van der Waals surface area contributed by atoms with Crippen LogP contribution in [0.15, 0.2) is 48.5 Å². The molecule has 5 rings (SSSR count). The van der Waals surface area contributed by atoms with E-state index in [4.69, 9.17) is 0 Å². The molecular weight excluding hydrogens is 306 g/mol. The molecule has 3 saturated carbocycles. The van der Waals surface area contributed by atoms with Crippen molar-refractivity contribution in [2.45, 2.75) is 37.5 Å². The number of benzene rings is 2. The van der Waals surface area contributed by atoms with Crippen LogP contribution in [0.3, 0.4) is 0 Å². The van der Waals surface area contributed by atoms with Crippen LogP contribution in [0.25, 0.3) is 0 Å². The van der Waals surface area contributed by atoms with E-state index in [9.17, 15) is 13.6 Å². The molecule has 0 aromatic heterocycles. The van der Waals surface area contributed by atoms with E-state index in [0.717, 1.165) is 36.8 Å². The molecule has 3 fully saturated rings. The monoisotopic (exact) mass is 324 g/mol. The number of carbonyl (C=O) groups excluding carboxylic acids is 1. The predicted octanol–water partition coefficient (Wildman–Crippen LogP) is 4.98. The van der Waals surface area contributed by atoms with Gasteiger partial charge in [0.15, 0.2) is 0 Å². The van der Waals surface area contributed by atoms with Crippen molar-refractivity contribution >= 4 is 5.78 Å². The Hall–Kier alpha value is -2.03. The lowest BCUT2D eigenvalue weighted by atomic mass is 9.91. The molecule has 122 valence electrons. The lowest BCUT2D eigenvalue weighted by Gasteiger charge is -2.11. The first-order valence-corrected chi connectivity index (χ1v) is 8.61. The second-order valence-corrected chi connectivity index (χ2v) is 7.76. The Kier molecular flexibility index (Phi) is 2.70. The lowest BCUT2D eigenvalue weighted by Crippen LogP contribution is -2.19. The summed E-state index contributed by atoms with van der Waals surface area (Å²) in [5.41, 5.74) is 1.74. The molecule has 4 unspecified atom stereocenters. The Morgan fingerprint density at radius 1 is 0.708 bits per heavy atom. The highest BCUT2D eigenvalue weighted by Gasteiger charge is 2.75. The number of hydrogen-bond acceptors (Lipinski definition) is 1. The summed E-state index contributed by atoms with van der Waals surface area (Å²) in [6.45, 7) is 0. The van der Waals surface area contributed by atoms with Crippen molar-refractivity contribution in [1.29, 1.82) is 0 Å². The molecule has 2 spiro atoms. The molecule has 0 saturated heterocycles. The summed E-state index contributed by atoms with van der Waals surface area (Å²) in [6, 6.07) is 13.2. The van der Waals surface area contributed by atoms with Crippen molar-refractivity contribution in [2.24, 2.45) is 10.8 Å². The van der Waals surface area contributed by atoms with E-state index in [0.29, 0.717) is 5.78 Å². The second-order valence-electron chi connectivity index (χ2n) is 7.76. The number of ketones is 1. The minimum atomic E-state index is -0.235. The van der Waals surface area contributed by atoms with Gasteiger partial charge in [0, 0.05) is 10.8 Å². The maximum absolute atomic E-state index is 13.2. The molecule has 1 nitrogen and oxygen atoms in total. The Morgan fingerprint density at radius 2 is 1.08 bits per heavy atom. The van der Waals surface area contributed by atoms with E-state index in [1.54, 1.807) is 0 Å². The number of Topliss-reactive ketones (excluding diaryl/α,β-unsaturated/α-hetero) is 1. The summed E-state index contributed by atoms with van der Waals surface area (Å²) in [5.74, 6) is 0.431. The van der Waals surface area contributed by atoms with Gasteiger partial charge in [-0.25, -0.2) is 8.78 Å². The zero-order chi connectivity index (χ0) is 16.5. The third-order valence-electron chi connectivity index (χ3n) is 6.62. The molecule has 0 heterocycles. The van der Waals surface area contributed by atoms with Crippen LogP contribution >= 0.6 is 0 Å². The van der Waals surface area contributed by atoms with Gasteiger partial charge in [0.25, 0.3) is 0 Å². The van der Waals surface area contributed by atoms with Gasteiger partial charge in [-0.3, -0.25) is 4.79 Å². The van der Waals surface area contributed by atoms with Crippen molar-refractivity contribution in [3.8, 4) is 0 Å². The Labute approximate surface area is 139 Å². The molecule has 3 aliphatic rings. The van der Waals surface area contributed by atoms with Crippen molar-refractivity contribution in [1.82, 2.24) is 0 Å². The van der Waals surface area contributed by atoms with Gasteiger partial charge in [-0.15, -0.1) is 0 Å². The SMILES string of the molecule is O=C1C2(CCC13CC3c1ccc(F)cc1)CC2c1ccc(F)cc1. The fourth-order valence-corrected chi connectivity index (χ4v) is 5.10. The van der Waals surface area contributed by atoms with Crippen LogP contribution < -0.4 is 0 Å². The fraction of sp³-hybridized carbons (Fsp3) is 0.381. The summed E-state index contributed by atoms with van der Waals surface area (Å²) in [6.07, 6.45) is 3.67. The highest BCUT2D eigenvalue weighted by atomic mass is 19.1. The molecule has 3 heteroatoms. The summed E-state index contributed by atoms with van der Waals surface area (Å²) in [4.78, 5) is 13.2. The predicted molar refractivity (Wildman–Crippen MR) is 86.6 cm³/mol. The Balaban J connectivity index is 1.39. The van der Waals surface area contributed by atoms with Gasteiger partial charge in [-0.05, 0) is 72.9 Å². The van der Waals surface area contributed by atoms with Crippen molar-refractivity contribution in [2.75, 3.05) is 0 Å². The molecule has 0 amide bonds. The highest BCUT2D eigenvalue weighted by molar-refractivity contribution is 5.99. The number of hydrogen-bond donors (Lipinski definition) is 0. The molecule has 0 radical (unpaired) electrons. The summed E-state index contributed by atoms with van der Waals surface area (Å²) in [7, 11) is 0. The third kappa shape index (κ3) is 1.81. The summed E-state index contributed by atoms with van der Waals surface area (Å²) >= 11 is 0. The molecule has 2 aromatic rings. The topological polar surface area (TPSA) is 17.1 Å². The van der Waals surface area contributed by atoms with Crippen molar-refractivity contribution < 1.29 is 13.6 Å². The summed E-state index contributed by atoms with van der Waals surface area (Å²) < 4.78 is 26.2. The average Bonchev–Trinajstić information content (AvgIpc) is 3.46. The van der Waals surface area contributed by atoms with Crippen LogP contribution in [0.4, 0.5) is 8.78 Å². The first-order chi connectivity index (χ1) is 11.6. The minimum Gasteiger partial charge on any atom is -0.298 e. The maximum atomic E-state index is 13.2. The van der Waals surface area contributed by atoms with E-state index in [2.05, 4.69) is 0 Å². The number of carbonyl (C=O) groups is 1. The Morgan fingerprint density at radius 3 is 1.46 bits per heavy atom. The molecule has 0 N–H and O–H groups in total. The number of rotatable bonds is 2. The van der Waals surface area contributed by atoms with E-state index in [1.165, 1.54) is 24.3 Å². The summed E-state index contributed by atoms with van der Waals surface area (Å²) in [5, 5.41) is 0. The van der Waals surface area contributed by atoms with Crippen LogP contribution in [0, 0.1) is 22.5 Å². The van der Waals surface area contributed by atoms with Gasteiger partial charge in [-0.2, -0.15) is 0 Å². The molecule has 0 bridgehead atoms. The van der Waals surface area contributed by atoms with Crippen LogP contribution in [-0.4, -0.2) is 5.78 Å². The van der Waals surface area contributed by atoms with Crippen LogP contribution in [0.1, 0.15) is 48.6 Å². The van der Waals surface area contributed by atoms with Gasteiger partial charge >= 0.3 is 0 Å². The zero-order valence-electron chi connectivity index (χ0n) is 13.3. The average molecular weight is 324 g/mol. The normalized spacial score (nSPS) is 36.5. The van der Waals surface area contributed by atoms with E-state index in [1.807, 2.05) is 24.3 Å². The maximum Gasteiger partial charge on any atom is 0.146 e. The molecular formula is C21H18F2O. The Bertz CT molecular complexity index is 756. The number of halogens is 2. The van der Waals surface area contributed by atoms with E-state index in [-0.39, 0.29) is 34.3 Å². The second kappa shape index (κ2) is 4.53. The van der Waals surface area contributed by atoms with Gasteiger partial charge in [0.2, 0.25) is 0 Å². The third-order valence-corrected chi connectivity index (χ3v) is 6.62. The standard InChI is InChI=1S/C21H18F2O/c22-15-5-1-13(2-6-15)17-11-20(17)9-10-21(19(20)24)12-18(21)14-3-7-16(23)8-4-14/h1-8,17-18H,9-12H2. The van der Waals surface area contributed by atoms with Crippen molar-refractivity contribution in [3.05, 3.63) is 71.3 Å². The van der Waals surface area contributed by atoms with Crippen LogP contribution in [0.2, 0.25) is 0 Å². The smallest absolute Gasteiger partial charge is 0.146 e. The largest absolute Gasteiger partial charge is 0.298 e. The molecule has 4 atom stereocenters. The van der Waals surface area contributed by atoms with Crippen LogP contribution in [-0.2, 0) is 4.79 Å². The van der Waals surface area contributed by atoms with Gasteiger partial charge in [0.1, 0.15) is 17.4 Å². The lowest BCUT2D eigenvalue weighted by molar-refractivity contribution is -0.126. The first kappa shape index (κ1) is 14.3. The highest BCUT2D eigenvalue weighted by Crippen LogP contribution is 2.78. The van der Waals surface area contributed by atoms with E-state index < -0.39 is 0 Å². The molecule has 24 heavy (non-hydrogen) atoms. The van der Waals surface area contributed by atoms with E-state index >= 15 is 0 Å². The fourth-order valence-electron chi connectivity index (χ4n) is 5.10. The van der Waals surface area contributed by atoms with Gasteiger partial charge < -0.3 is 0 Å². The zero-order valence-corrected chi connectivity index (χ0v) is 13.3. The molecule has 2 aromatic carbocycles. The van der Waals surface area contributed by atoms with Gasteiger partial charge in [0.05, 0.1) is 0 Å².